The Morgan fingerprint density at radius 3 is 2.45 bits per heavy atom. The predicted molar refractivity (Wildman–Crippen MR) is 155 cm³/mol. The van der Waals surface area contributed by atoms with Gasteiger partial charge in [-0.2, -0.15) is 5.10 Å². The molecule has 40 heavy (non-hydrogen) atoms. The van der Waals surface area contributed by atoms with E-state index in [1.165, 1.54) is 0 Å². The summed E-state index contributed by atoms with van der Waals surface area (Å²) in [4.78, 5) is 33.4. The molecule has 1 aliphatic carbocycles. The minimum atomic E-state index is -0.797. The third kappa shape index (κ3) is 5.74. The minimum Gasteiger partial charge on any atom is -0.368 e. The van der Waals surface area contributed by atoms with E-state index >= 15 is 0 Å². The Bertz CT molecular complexity index is 1520. The summed E-state index contributed by atoms with van der Waals surface area (Å²) in [7, 11) is 0. The first-order chi connectivity index (χ1) is 19.1. The summed E-state index contributed by atoms with van der Waals surface area (Å²) in [5, 5.41) is 8.67. The van der Waals surface area contributed by atoms with Gasteiger partial charge in [0.25, 0.3) is 0 Å². The first-order valence-corrected chi connectivity index (χ1v) is 13.8. The average Bonchev–Trinajstić information content (AvgIpc) is 3.37. The van der Waals surface area contributed by atoms with Crippen molar-refractivity contribution in [2.24, 2.45) is 17.1 Å². The molecule has 3 atom stereocenters. The van der Waals surface area contributed by atoms with E-state index < -0.39 is 11.9 Å². The van der Waals surface area contributed by atoms with Gasteiger partial charge in [0.05, 0.1) is 21.4 Å². The zero-order valence-electron chi connectivity index (χ0n) is 22.2. The van der Waals surface area contributed by atoms with E-state index in [4.69, 9.17) is 34.0 Å². The number of halogens is 2. The molecule has 1 aromatic carbocycles. The summed E-state index contributed by atoms with van der Waals surface area (Å²) in [5.41, 5.74) is 9.73. The molecular weight excluding hydrogens is 547 g/mol. The van der Waals surface area contributed by atoms with E-state index in [0.29, 0.717) is 16.5 Å². The maximum Gasteiger partial charge on any atom is 0.240 e. The molecule has 1 aliphatic rings. The lowest BCUT2D eigenvalue weighted by Gasteiger charge is -2.52. The van der Waals surface area contributed by atoms with Crippen molar-refractivity contribution in [2.75, 3.05) is 0 Å². The van der Waals surface area contributed by atoms with Crippen molar-refractivity contribution in [1.29, 1.82) is 0 Å². The van der Waals surface area contributed by atoms with Crippen LogP contribution in [0.2, 0.25) is 10.0 Å². The fourth-order valence-corrected chi connectivity index (χ4v) is 5.73. The van der Waals surface area contributed by atoms with Crippen LogP contribution >= 0.6 is 23.2 Å². The van der Waals surface area contributed by atoms with Crippen LogP contribution in [-0.2, 0) is 16.0 Å². The molecule has 8 nitrogen and oxygen atoms in total. The van der Waals surface area contributed by atoms with Gasteiger partial charge in [0.2, 0.25) is 11.8 Å². The fourth-order valence-electron chi connectivity index (χ4n) is 5.44. The van der Waals surface area contributed by atoms with Crippen molar-refractivity contribution in [3.05, 3.63) is 94.6 Å². The molecule has 4 aromatic rings. The van der Waals surface area contributed by atoms with E-state index in [0.717, 1.165) is 34.6 Å². The number of amides is 2. The lowest BCUT2D eigenvalue weighted by molar-refractivity contribution is -0.130. The summed E-state index contributed by atoms with van der Waals surface area (Å²) in [5.74, 6) is -0.543. The van der Waals surface area contributed by atoms with Gasteiger partial charge in [0.1, 0.15) is 6.04 Å². The second kappa shape index (κ2) is 11.4. The van der Waals surface area contributed by atoms with Crippen LogP contribution in [0.3, 0.4) is 0 Å². The highest BCUT2D eigenvalue weighted by molar-refractivity contribution is 6.42. The highest BCUT2D eigenvalue weighted by atomic mass is 35.5. The van der Waals surface area contributed by atoms with Crippen LogP contribution in [0, 0.1) is 11.3 Å². The number of primary amides is 1. The number of hydrogen-bond acceptors (Lipinski definition) is 5. The molecule has 3 heterocycles. The van der Waals surface area contributed by atoms with E-state index in [1.807, 2.05) is 28.9 Å². The number of rotatable bonds is 9. The third-order valence-electron chi connectivity index (χ3n) is 7.94. The van der Waals surface area contributed by atoms with E-state index in [9.17, 15) is 9.59 Å². The summed E-state index contributed by atoms with van der Waals surface area (Å²) in [6, 6.07) is 14.2. The van der Waals surface area contributed by atoms with Crippen LogP contribution in [0.1, 0.15) is 43.9 Å². The number of nitrogens with two attached hydrogens (primary N) is 1. The normalized spacial score (nSPS) is 18.5. The molecule has 1 fully saturated rings. The van der Waals surface area contributed by atoms with Crippen LogP contribution in [0.15, 0.2) is 73.3 Å². The largest absolute Gasteiger partial charge is 0.368 e. The zero-order valence-corrected chi connectivity index (χ0v) is 23.7. The van der Waals surface area contributed by atoms with Crippen molar-refractivity contribution in [3.63, 3.8) is 0 Å². The second-order valence-electron chi connectivity index (χ2n) is 10.8. The number of pyridine rings is 2. The number of aromatic nitrogens is 4. The summed E-state index contributed by atoms with van der Waals surface area (Å²) in [6.45, 7) is 4.33. The van der Waals surface area contributed by atoms with E-state index in [-0.39, 0.29) is 29.6 Å². The third-order valence-corrected chi connectivity index (χ3v) is 8.68. The van der Waals surface area contributed by atoms with Crippen LogP contribution < -0.4 is 11.1 Å². The number of nitrogens with one attached hydrogen (secondary N) is 1. The van der Waals surface area contributed by atoms with Gasteiger partial charge in [0, 0.05) is 54.8 Å². The van der Waals surface area contributed by atoms with Gasteiger partial charge in [-0.15, -0.1) is 0 Å². The Kier molecular flexibility index (Phi) is 7.92. The van der Waals surface area contributed by atoms with E-state index in [2.05, 4.69) is 35.2 Å². The standard InChI is InChI=1S/C30H30Cl2N6O2/c1-30(2)20(13-28(39)36-26(29(33)40)11-18-5-3-9-34-16-18)12-22(30)27-15-25(19-6-4-10-35-17-19)37-38(27)21-7-8-23(31)24(32)14-21/h3-10,14-17,20,22,26H,11-13H2,1-2H3,(H2,33,40)(H,36,39)/t20-,22-,26+/m1/s1. The van der Waals surface area contributed by atoms with Crippen molar-refractivity contribution in [3.8, 4) is 16.9 Å². The van der Waals surface area contributed by atoms with Crippen molar-refractivity contribution < 1.29 is 9.59 Å². The number of hydrogen-bond donors (Lipinski definition) is 2. The minimum absolute atomic E-state index is 0.100. The molecule has 0 bridgehead atoms. The average molecular weight is 578 g/mol. The molecule has 0 radical (unpaired) electrons. The maximum absolute atomic E-state index is 13.0. The molecule has 0 saturated heterocycles. The van der Waals surface area contributed by atoms with Gasteiger partial charge in [-0.25, -0.2) is 4.68 Å². The topological polar surface area (TPSA) is 116 Å². The maximum atomic E-state index is 13.0. The van der Waals surface area contributed by atoms with Crippen molar-refractivity contribution >= 4 is 35.0 Å². The molecule has 10 heteroatoms. The molecule has 0 unspecified atom stereocenters. The van der Waals surface area contributed by atoms with Crippen molar-refractivity contribution in [1.82, 2.24) is 25.1 Å². The van der Waals surface area contributed by atoms with E-state index in [1.54, 1.807) is 43.0 Å². The Labute approximate surface area is 242 Å². The highest BCUT2D eigenvalue weighted by Gasteiger charge is 2.50. The van der Waals surface area contributed by atoms with Crippen LogP contribution in [-0.4, -0.2) is 37.6 Å². The molecule has 3 aromatic heterocycles. The molecule has 2 amide bonds. The first-order valence-electron chi connectivity index (χ1n) is 13.1. The van der Waals surface area contributed by atoms with Gasteiger partial charge >= 0.3 is 0 Å². The SMILES string of the molecule is CC1(C)[C@@H](CC(=O)N[C@@H](Cc2cccnc2)C(N)=O)C[C@@H]1c1cc(-c2cccnc2)nn1-c1ccc(Cl)c(Cl)c1. The number of carbonyl (C=O) groups excluding carboxylic acids is 2. The monoisotopic (exact) mass is 576 g/mol. The molecule has 0 aliphatic heterocycles. The number of nitrogens with zero attached hydrogens (tertiary/aromatic N) is 4. The molecule has 5 rings (SSSR count). The predicted octanol–water partition coefficient (Wildman–Crippen LogP) is 5.37. The summed E-state index contributed by atoms with van der Waals surface area (Å²) >= 11 is 12.5. The number of benzene rings is 1. The second-order valence-corrected chi connectivity index (χ2v) is 11.6. The van der Waals surface area contributed by atoms with Crippen LogP contribution in [0.4, 0.5) is 0 Å². The summed E-state index contributed by atoms with van der Waals surface area (Å²) < 4.78 is 1.91. The lowest BCUT2D eigenvalue weighted by Crippen LogP contribution is -2.49. The lowest BCUT2D eigenvalue weighted by atomic mass is 9.52. The Morgan fingerprint density at radius 2 is 1.82 bits per heavy atom. The summed E-state index contributed by atoms with van der Waals surface area (Å²) in [6.07, 6.45) is 8.20. The van der Waals surface area contributed by atoms with Crippen LogP contribution in [0.25, 0.3) is 16.9 Å². The number of carbonyl (C=O) groups is 2. The molecule has 206 valence electrons. The van der Waals surface area contributed by atoms with Crippen molar-refractivity contribution in [2.45, 2.75) is 45.1 Å². The first kappa shape index (κ1) is 27.8. The van der Waals surface area contributed by atoms with Crippen LogP contribution in [0.5, 0.6) is 0 Å². The van der Waals surface area contributed by atoms with Gasteiger partial charge in [-0.1, -0.05) is 43.1 Å². The fraction of sp³-hybridized carbons (Fsp3) is 0.300. The highest BCUT2D eigenvalue weighted by Crippen LogP contribution is 2.58. The molecule has 1 saturated carbocycles. The smallest absolute Gasteiger partial charge is 0.240 e. The Balaban J connectivity index is 1.35. The Hall–Kier alpha value is -3.75. The quantitative estimate of drug-likeness (QED) is 0.278. The zero-order chi connectivity index (χ0) is 28.4. The van der Waals surface area contributed by atoms with Gasteiger partial charge in [0.15, 0.2) is 0 Å². The van der Waals surface area contributed by atoms with Gasteiger partial charge in [-0.3, -0.25) is 19.6 Å². The van der Waals surface area contributed by atoms with Gasteiger partial charge < -0.3 is 11.1 Å². The molecular formula is C30H30Cl2N6O2. The Morgan fingerprint density at radius 1 is 1.07 bits per heavy atom. The van der Waals surface area contributed by atoms with Gasteiger partial charge in [-0.05, 0) is 65.8 Å². The molecule has 3 N–H and O–H groups in total. The molecule has 0 spiro atoms.